The summed E-state index contributed by atoms with van der Waals surface area (Å²) in [5, 5.41) is 18.7. The summed E-state index contributed by atoms with van der Waals surface area (Å²) in [6.07, 6.45) is 8.65. The third-order valence-corrected chi connectivity index (χ3v) is 5.40. The standard InChI is InChI=1S/C22H32O4/c1-15(7-5-9-16(2)21(24)25)8-6-11-22(4)12-10-18-14-19(23)13-17(3)20(18)26-22/h8,13-14,16,23H,5-7,9-12H2,1-4H3,(H,24,25). The zero-order valence-electron chi connectivity index (χ0n) is 16.5. The Morgan fingerprint density at radius 1 is 1.42 bits per heavy atom. The molecule has 2 unspecified atom stereocenters. The van der Waals surface area contributed by atoms with E-state index >= 15 is 0 Å². The second-order valence-corrected chi connectivity index (χ2v) is 8.02. The van der Waals surface area contributed by atoms with Crippen LogP contribution >= 0.6 is 0 Å². The number of fused-ring (bicyclic) bond motifs is 1. The van der Waals surface area contributed by atoms with Crippen molar-refractivity contribution in [1.29, 1.82) is 0 Å². The summed E-state index contributed by atoms with van der Waals surface area (Å²) in [5.74, 6) is 0.266. The molecule has 0 radical (unpaired) electrons. The van der Waals surface area contributed by atoms with Crippen LogP contribution in [0.15, 0.2) is 23.8 Å². The molecule has 0 saturated heterocycles. The first kappa shape index (κ1) is 20.3. The number of aromatic hydroxyl groups is 1. The van der Waals surface area contributed by atoms with Gasteiger partial charge >= 0.3 is 5.97 Å². The molecule has 0 aliphatic carbocycles. The van der Waals surface area contributed by atoms with Crippen LogP contribution in [0, 0.1) is 12.8 Å². The van der Waals surface area contributed by atoms with E-state index in [9.17, 15) is 9.90 Å². The highest BCUT2D eigenvalue weighted by Gasteiger charge is 2.31. The molecule has 0 aromatic heterocycles. The molecule has 2 atom stereocenters. The van der Waals surface area contributed by atoms with Crippen LogP contribution in [0.1, 0.15) is 70.4 Å². The molecule has 0 spiro atoms. The van der Waals surface area contributed by atoms with E-state index in [1.807, 2.05) is 13.0 Å². The second kappa shape index (κ2) is 8.61. The van der Waals surface area contributed by atoms with Gasteiger partial charge in [0.25, 0.3) is 0 Å². The molecule has 1 aliphatic heterocycles. The van der Waals surface area contributed by atoms with Crippen molar-refractivity contribution in [1.82, 2.24) is 0 Å². The van der Waals surface area contributed by atoms with E-state index in [0.717, 1.165) is 61.8 Å². The van der Waals surface area contributed by atoms with Crippen LogP contribution in [0.25, 0.3) is 0 Å². The van der Waals surface area contributed by atoms with Crippen molar-refractivity contribution in [2.24, 2.45) is 5.92 Å². The van der Waals surface area contributed by atoms with Crippen molar-refractivity contribution in [2.45, 2.75) is 78.2 Å². The van der Waals surface area contributed by atoms with E-state index in [1.165, 1.54) is 5.57 Å². The molecular weight excluding hydrogens is 328 g/mol. The molecule has 2 N–H and O–H groups in total. The van der Waals surface area contributed by atoms with Gasteiger partial charge in [-0.15, -0.1) is 0 Å². The number of aryl methyl sites for hydroxylation is 2. The number of hydrogen-bond acceptors (Lipinski definition) is 3. The van der Waals surface area contributed by atoms with Crippen LogP contribution in [0.4, 0.5) is 0 Å². The number of aliphatic carboxylic acids is 1. The lowest BCUT2D eigenvalue weighted by atomic mass is 9.87. The summed E-state index contributed by atoms with van der Waals surface area (Å²) in [5.41, 5.74) is 3.23. The minimum Gasteiger partial charge on any atom is -0.508 e. The Balaban J connectivity index is 1.84. The number of carboxylic acid groups (broad SMARTS) is 1. The lowest BCUT2D eigenvalue weighted by molar-refractivity contribution is -0.141. The topological polar surface area (TPSA) is 66.8 Å². The van der Waals surface area contributed by atoms with Crippen molar-refractivity contribution < 1.29 is 19.7 Å². The maximum absolute atomic E-state index is 10.8. The van der Waals surface area contributed by atoms with Crippen LogP contribution in [-0.4, -0.2) is 21.8 Å². The maximum Gasteiger partial charge on any atom is 0.306 e. The van der Waals surface area contributed by atoms with Crippen LogP contribution in [0.5, 0.6) is 11.5 Å². The normalized spacial score (nSPS) is 21.0. The number of phenolic OH excluding ortho intramolecular Hbond substituents is 1. The van der Waals surface area contributed by atoms with Crippen molar-refractivity contribution >= 4 is 5.97 Å². The molecule has 0 saturated carbocycles. The first-order valence-electron chi connectivity index (χ1n) is 9.60. The van der Waals surface area contributed by atoms with E-state index in [4.69, 9.17) is 9.84 Å². The highest BCUT2D eigenvalue weighted by molar-refractivity contribution is 5.69. The van der Waals surface area contributed by atoms with Gasteiger partial charge in [0, 0.05) is 0 Å². The highest BCUT2D eigenvalue weighted by atomic mass is 16.5. The fourth-order valence-electron chi connectivity index (χ4n) is 3.57. The molecule has 1 heterocycles. The van der Waals surface area contributed by atoms with E-state index in [2.05, 4.69) is 19.9 Å². The highest BCUT2D eigenvalue weighted by Crippen LogP contribution is 2.39. The summed E-state index contributed by atoms with van der Waals surface area (Å²) >= 11 is 0. The molecule has 26 heavy (non-hydrogen) atoms. The number of carbonyl (C=O) groups is 1. The molecule has 0 fully saturated rings. The predicted octanol–water partition coefficient (Wildman–Crippen LogP) is 5.40. The average molecular weight is 360 g/mol. The molecule has 1 aliphatic rings. The largest absolute Gasteiger partial charge is 0.508 e. The zero-order valence-corrected chi connectivity index (χ0v) is 16.5. The van der Waals surface area contributed by atoms with Gasteiger partial charge in [-0.25, -0.2) is 0 Å². The van der Waals surface area contributed by atoms with Gasteiger partial charge in [0.05, 0.1) is 5.92 Å². The van der Waals surface area contributed by atoms with Crippen LogP contribution in [-0.2, 0) is 11.2 Å². The lowest BCUT2D eigenvalue weighted by Gasteiger charge is -2.36. The summed E-state index contributed by atoms with van der Waals surface area (Å²) in [6, 6.07) is 3.57. The van der Waals surface area contributed by atoms with Gasteiger partial charge in [0.15, 0.2) is 0 Å². The second-order valence-electron chi connectivity index (χ2n) is 8.02. The van der Waals surface area contributed by atoms with Gasteiger partial charge in [-0.2, -0.15) is 0 Å². The zero-order chi connectivity index (χ0) is 19.3. The fraction of sp³-hybridized carbons (Fsp3) is 0.591. The molecule has 1 aromatic carbocycles. The number of carboxylic acids is 1. The Labute approximate surface area is 156 Å². The lowest BCUT2D eigenvalue weighted by Crippen LogP contribution is -2.36. The molecule has 4 heteroatoms. The maximum atomic E-state index is 10.8. The van der Waals surface area contributed by atoms with Gasteiger partial charge < -0.3 is 14.9 Å². The Kier molecular flexibility index (Phi) is 6.74. The van der Waals surface area contributed by atoms with Gasteiger partial charge in [-0.1, -0.05) is 18.6 Å². The molecule has 0 bridgehead atoms. The monoisotopic (exact) mass is 360 g/mol. The predicted molar refractivity (Wildman–Crippen MR) is 104 cm³/mol. The van der Waals surface area contributed by atoms with Crippen LogP contribution < -0.4 is 4.74 Å². The molecular formula is C22H32O4. The molecule has 2 rings (SSSR count). The van der Waals surface area contributed by atoms with E-state index in [-0.39, 0.29) is 11.5 Å². The van der Waals surface area contributed by atoms with Gasteiger partial charge in [0.1, 0.15) is 17.1 Å². The quantitative estimate of drug-likeness (QED) is 0.609. The molecule has 1 aromatic rings. The van der Waals surface area contributed by atoms with Gasteiger partial charge in [-0.05, 0) is 89.0 Å². The smallest absolute Gasteiger partial charge is 0.306 e. The number of hydrogen-bond donors (Lipinski definition) is 2. The third-order valence-electron chi connectivity index (χ3n) is 5.40. The SMILES string of the molecule is CC(=CCCC1(C)CCc2cc(O)cc(C)c2O1)CCCC(C)C(=O)O. The summed E-state index contributed by atoms with van der Waals surface area (Å²) < 4.78 is 6.32. The average Bonchev–Trinajstić information content (AvgIpc) is 2.55. The number of benzene rings is 1. The van der Waals surface area contributed by atoms with Crippen LogP contribution in [0.2, 0.25) is 0 Å². The minimum atomic E-state index is -0.710. The van der Waals surface area contributed by atoms with Crippen molar-refractivity contribution in [3.8, 4) is 11.5 Å². The van der Waals surface area contributed by atoms with E-state index < -0.39 is 5.97 Å². The minimum absolute atomic E-state index is 0.177. The number of ether oxygens (including phenoxy) is 1. The Hall–Kier alpha value is -1.97. The Morgan fingerprint density at radius 3 is 2.85 bits per heavy atom. The molecule has 4 nitrogen and oxygen atoms in total. The summed E-state index contributed by atoms with van der Waals surface area (Å²) in [4.78, 5) is 10.8. The van der Waals surface area contributed by atoms with Gasteiger partial charge in [0.2, 0.25) is 0 Å². The van der Waals surface area contributed by atoms with Crippen LogP contribution in [0.3, 0.4) is 0 Å². The van der Waals surface area contributed by atoms with E-state index in [0.29, 0.717) is 5.75 Å². The fourth-order valence-corrected chi connectivity index (χ4v) is 3.57. The first-order chi connectivity index (χ1) is 12.2. The Bertz CT molecular complexity index is 677. The first-order valence-corrected chi connectivity index (χ1v) is 9.60. The van der Waals surface area contributed by atoms with Crippen molar-refractivity contribution in [3.63, 3.8) is 0 Å². The number of phenols is 1. The third kappa shape index (κ3) is 5.52. The van der Waals surface area contributed by atoms with E-state index in [1.54, 1.807) is 13.0 Å². The Morgan fingerprint density at radius 2 is 2.15 bits per heavy atom. The summed E-state index contributed by atoms with van der Waals surface area (Å²) in [6.45, 7) is 8.03. The number of rotatable bonds is 8. The van der Waals surface area contributed by atoms with Gasteiger partial charge in [-0.3, -0.25) is 4.79 Å². The molecule has 144 valence electrons. The number of allylic oxidation sites excluding steroid dienone is 2. The van der Waals surface area contributed by atoms with Crippen molar-refractivity contribution in [3.05, 3.63) is 34.9 Å². The molecule has 0 amide bonds. The summed E-state index contributed by atoms with van der Waals surface area (Å²) in [7, 11) is 0. The van der Waals surface area contributed by atoms with Crippen molar-refractivity contribution in [2.75, 3.05) is 0 Å².